The van der Waals surface area contributed by atoms with E-state index in [4.69, 9.17) is 0 Å². The van der Waals surface area contributed by atoms with Crippen LogP contribution in [0.15, 0.2) is 56.5 Å². The van der Waals surface area contributed by atoms with Crippen LogP contribution in [0.2, 0.25) is 0 Å². The maximum Gasteiger partial charge on any atom is 0.332 e. The third-order valence-electron chi connectivity index (χ3n) is 4.49. The first-order valence-electron chi connectivity index (χ1n) is 8.69. The monoisotopic (exact) mass is 412 g/mol. The number of halogens is 1. The van der Waals surface area contributed by atoms with Gasteiger partial charge in [-0.3, -0.25) is 13.9 Å². The van der Waals surface area contributed by atoms with Crippen molar-refractivity contribution in [2.45, 2.75) is 6.54 Å². The van der Waals surface area contributed by atoms with E-state index in [1.165, 1.54) is 41.2 Å². The number of nitrogens with one attached hydrogen (secondary N) is 1. The minimum absolute atomic E-state index is 0.0380. The molecular formula is C19H17FN6O2S. The van der Waals surface area contributed by atoms with Gasteiger partial charge in [-0.2, -0.15) is 10.1 Å². The zero-order chi connectivity index (χ0) is 20.5. The summed E-state index contributed by atoms with van der Waals surface area (Å²) in [6.07, 6.45) is 1.64. The molecule has 0 aliphatic heterocycles. The van der Waals surface area contributed by atoms with Gasteiger partial charge in [-0.1, -0.05) is 18.2 Å². The Balaban J connectivity index is 1.77. The summed E-state index contributed by atoms with van der Waals surface area (Å²) in [5.41, 5.74) is 2.78. The maximum atomic E-state index is 13.5. The molecule has 0 unspecified atom stereocenters. The van der Waals surface area contributed by atoms with E-state index in [2.05, 4.69) is 15.5 Å². The van der Waals surface area contributed by atoms with Crippen molar-refractivity contribution in [1.29, 1.82) is 0 Å². The molecule has 0 bridgehead atoms. The number of aryl methyl sites for hydroxylation is 2. The summed E-state index contributed by atoms with van der Waals surface area (Å²) < 4.78 is 17.4. The lowest BCUT2D eigenvalue weighted by atomic mass is 10.2. The Morgan fingerprint density at radius 1 is 1.21 bits per heavy atom. The molecule has 148 valence electrons. The molecule has 0 radical (unpaired) electrons. The number of rotatable bonds is 5. The molecule has 0 fully saturated rings. The van der Waals surface area contributed by atoms with Gasteiger partial charge < -0.3 is 4.57 Å². The Hall–Kier alpha value is -3.53. The fourth-order valence-electron chi connectivity index (χ4n) is 3.02. The molecule has 10 heteroatoms. The highest BCUT2D eigenvalue weighted by atomic mass is 32.1. The topological polar surface area (TPSA) is 86.2 Å². The van der Waals surface area contributed by atoms with E-state index in [1.807, 2.05) is 17.5 Å². The molecule has 8 nitrogen and oxygen atoms in total. The van der Waals surface area contributed by atoms with Gasteiger partial charge in [0.15, 0.2) is 11.2 Å². The van der Waals surface area contributed by atoms with Crippen molar-refractivity contribution < 1.29 is 4.39 Å². The molecule has 4 rings (SSSR count). The zero-order valence-electron chi connectivity index (χ0n) is 15.7. The Morgan fingerprint density at radius 2 is 2.03 bits per heavy atom. The predicted octanol–water partition coefficient (Wildman–Crippen LogP) is 2.13. The summed E-state index contributed by atoms with van der Waals surface area (Å²) in [7, 11) is 3.20. The first-order valence-corrected chi connectivity index (χ1v) is 9.57. The molecule has 0 amide bonds. The molecule has 29 heavy (non-hydrogen) atoms. The van der Waals surface area contributed by atoms with Crippen molar-refractivity contribution in [3.63, 3.8) is 0 Å². The largest absolute Gasteiger partial charge is 0.332 e. The van der Waals surface area contributed by atoms with E-state index in [0.717, 1.165) is 9.44 Å². The average molecular weight is 412 g/mol. The summed E-state index contributed by atoms with van der Waals surface area (Å²) in [6, 6.07) is 9.64. The van der Waals surface area contributed by atoms with Crippen molar-refractivity contribution in [2.24, 2.45) is 19.2 Å². The average Bonchev–Trinajstić information content (AvgIpc) is 3.32. The van der Waals surface area contributed by atoms with Crippen LogP contribution in [0.4, 0.5) is 10.3 Å². The number of hydrazone groups is 1. The van der Waals surface area contributed by atoms with Crippen LogP contribution in [0.25, 0.3) is 11.2 Å². The number of thiophene rings is 1. The molecule has 4 aromatic rings. The summed E-state index contributed by atoms with van der Waals surface area (Å²) >= 11 is 1.54. The SMILES string of the molecule is Cn1c(N/N=C\c2cccs2)nc2c1c(=O)n(Cc1cccc(F)c1)c(=O)n2C. The van der Waals surface area contributed by atoms with Gasteiger partial charge in [-0.25, -0.2) is 14.6 Å². The van der Waals surface area contributed by atoms with Crippen molar-refractivity contribution in [2.75, 3.05) is 5.43 Å². The standard InChI is InChI=1S/C19H17FN6O2S/c1-24-15-16(22-18(24)23-21-10-14-7-4-8-29-14)25(2)19(28)26(17(15)27)11-12-5-3-6-13(20)9-12/h3-10H,11H2,1-2H3,(H,22,23)/b21-10-. The predicted molar refractivity (Wildman–Crippen MR) is 111 cm³/mol. The van der Waals surface area contributed by atoms with Gasteiger partial charge in [0.05, 0.1) is 12.8 Å². The van der Waals surface area contributed by atoms with E-state index >= 15 is 0 Å². The number of nitrogens with zero attached hydrogens (tertiary/aromatic N) is 5. The van der Waals surface area contributed by atoms with Gasteiger partial charge >= 0.3 is 5.69 Å². The van der Waals surface area contributed by atoms with Crippen LogP contribution in [0, 0.1) is 5.82 Å². The second-order valence-corrected chi connectivity index (χ2v) is 7.39. The molecule has 0 spiro atoms. The number of anilines is 1. The fraction of sp³-hybridized carbons (Fsp3) is 0.158. The van der Waals surface area contributed by atoms with E-state index in [1.54, 1.807) is 23.9 Å². The molecule has 1 aromatic carbocycles. The Kier molecular flexibility index (Phi) is 4.85. The lowest BCUT2D eigenvalue weighted by molar-refractivity contribution is 0.616. The van der Waals surface area contributed by atoms with E-state index in [0.29, 0.717) is 11.5 Å². The van der Waals surface area contributed by atoms with Crippen molar-refractivity contribution in [1.82, 2.24) is 18.7 Å². The third kappa shape index (κ3) is 3.49. The summed E-state index contributed by atoms with van der Waals surface area (Å²) in [6.45, 7) is -0.0380. The van der Waals surface area contributed by atoms with Crippen LogP contribution < -0.4 is 16.7 Å². The minimum Gasteiger partial charge on any atom is -0.306 e. The molecular weight excluding hydrogens is 395 g/mol. The smallest absolute Gasteiger partial charge is 0.306 e. The number of aromatic nitrogens is 4. The highest BCUT2D eigenvalue weighted by Gasteiger charge is 2.18. The van der Waals surface area contributed by atoms with Gasteiger partial charge in [0.2, 0.25) is 5.95 Å². The van der Waals surface area contributed by atoms with Crippen molar-refractivity contribution >= 4 is 34.7 Å². The minimum atomic E-state index is -0.529. The molecule has 0 aliphatic carbocycles. The normalized spacial score (nSPS) is 11.6. The zero-order valence-corrected chi connectivity index (χ0v) is 16.5. The molecule has 3 heterocycles. The lowest BCUT2D eigenvalue weighted by Gasteiger charge is -2.08. The van der Waals surface area contributed by atoms with Gasteiger partial charge in [0.1, 0.15) is 5.82 Å². The molecule has 0 saturated carbocycles. The van der Waals surface area contributed by atoms with Crippen LogP contribution >= 0.6 is 11.3 Å². The molecule has 1 N–H and O–H groups in total. The van der Waals surface area contributed by atoms with E-state index in [9.17, 15) is 14.0 Å². The second-order valence-electron chi connectivity index (χ2n) is 6.41. The third-order valence-corrected chi connectivity index (χ3v) is 5.30. The maximum absolute atomic E-state index is 13.5. The Bertz CT molecular complexity index is 1330. The van der Waals surface area contributed by atoms with Crippen LogP contribution in [0.5, 0.6) is 0 Å². The molecule has 0 saturated heterocycles. The fourth-order valence-corrected chi connectivity index (χ4v) is 3.60. The Morgan fingerprint density at radius 3 is 2.76 bits per heavy atom. The van der Waals surface area contributed by atoms with Crippen LogP contribution in [0.3, 0.4) is 0 Å². The molecule has 0 aliphatic rings. The van der Waals surface area contributed by atoms with E-state index in [-0.39, 0.29) is 17.7 Å². The number of imidazole rings is 1. The van der Waals surface area contributed by atoms with Gasteiger partial charge in [-0.15, -0.1) is 11.3 Å². The van der Waals surface area contributed by atoms with Crippen molar-refractivity contribution in [3.05, 3.63) is 78.9 Å². The summed E-state index contributed by atoms with van der Waals surface area (Å²) in [5.74, 6) is -0.104. The van der Waals surface area contributed by atoms with Crippen molar-refractivity contribution in [3.8, 4) is 0 Å². The number of hydrogen-bond donors (Lipinski definition) is 1. The van der Waals surface area contributed by atoms with Gasteiger partial charge in [0.25, 0.3) is 5.56 Å². The highest BCUT2D eigenvalue weighted by molar-refractivity contribution is 7.11. The highest BCUT2D eigenvalue weighted by Crippen LogP contribution is 2.14. The summed E-state index contributed by atoms with van der Waals surface area (Å²) in [5, 5.41) is 6.07. The first kappa shape index (κ1) is 18.8. The lowest BCUT2D eigenvalue weighted by Crippen LogP contribution is -2.39. The second kappa shape index (κ2) is 7.47. The van der Waals surface area contributed by atoms with Gasteiger partial charge in [0, 0.05) is 19.0 Å². The van der Waals surface area contributed by atoms with Crippen LogP contribution in [-0.4, -0.2) is 24.9 Å². The first-order chi connectivity index (χ1) is 14.0. The van der Waals surface area contributed by atoms with Gasteiger partial charge in [-0.05, 0) is 29.1 Å². The molecule has 0 atom stereocenters. The van der Waals surface area contributed by atoms with Crippen LogP contribution in [0.1, 0.15) is 10.4 Å². The number of benzene rings is 1. The van der Waals surface area contributed by atoms with Crippen LogP contribution in [-0.2, 0) is 20.6 Å². The summed E-state index contributed by atoms with van der Waals surface area (Å²) in [4.78, 5) is 31.0. The van der Waals surface area contributed by atoms with E-state index < -0.39 is 17.1 Å². The number of fused-ring (bicyclic) bond motifs is 1. The quantitative estimate of drug-likeness (QED) is 0.402. The number of hydrogen-bond acceptors (Lipinski definition) is 6. The molecule has 3 aromatic heterocycles. The Labute approximate surface area is 168 Å².